The zero-order chi connectivity index (χ0) is 14.5. The monoisotopic (exact) mass is 280 g/mol. The Morgan fingerprint density at radius 1 is 1.60 bits per heavy atom. The van der Waals surface area contributed by atoms with Gasteiger partial charge in [-0.25, -0.2) is 13.6 Å². The lowest BCUT2D eigenvalue weighted by atomic mass is 9.90. The molecule has 2 heterocycles. The maximum absolute atomic E-state index is 13.9. The van der Waals surface area contributed by atoms with Crippen molar-refractivity contribution in [3.05, 3.63) is 42.0 Å². The number of amides is 2. The molecule has 20 heavy (non-hydrogen) atoms. The predicted octanol–water partition coefficient (Wildman–Crippen LogP) is 2.72. The molecule has 1 N–H and O–H groups in total. The summed E-state index contributed by atoms with van der Waals surface area (Å²) in [5.74, 6) is -1.44. The van der Waals surface area contributed by atoms with E-state index in [1.165, 1.54) is 11.0 Å². The fourth-order valence-electron chi connectivity index (χ4n) is 2.84. The van der Waals surface area contributed by atoms with Crippen molar-refractivity contribution in [3.8, 4) is 5.75 Å². The summed E-state index contributed by atoms with van der Waals surface area (Å²) in [6, 6.07) is 1.19. The second-order valence-electron chi connectivity index (χ2n) is 5.19. The van der Waals surface area contributed by atoms with Gasteiger partial charge in [-0.3, -0.25) is 4.90 Å². The largest absolute Gasteiger partial charge is 0.465 e. The van der Waals surface area contributed by atoms with Gasteiger partial charge in [0.2, 0.25) is 0 Å². The fraction of sp³-hybridized carbons (Fsp3) is 0.357. The van der Waals surface area contributed by atoms with Crippen molar-refractivity contribution in [1.82, 2.24) is 10.2 Å². The number of nitrogens with zero attached hydrogens (tertiary/aromatic N) is 1. The van der Waals surface area contributed by atoms with Crippen LogP contribution in [0.3, 0.4) is 0 Å². The Labute approximate surface area is 115 Å². The Morgan fingerprint density at radius 3 is 3.05 bits per heavy atom. The van der Waals surface area contributed by atoms with Gasteiger partial charge in [0.15, 0.2) is 17.3 Å². The maximum Gasteiger partial charge on any atom is 0.321 e. The van der Waals surface area contributed by atoms with Crippen LogP contribution in [0.5, 0.6) is 5.75 Å². The summed E-state index contributed by atoms with van der Waals surface area (Å²) in [7, 11) is 0. The van der Waals surface area contributed by atoms with Crippen molar-refractivity contribution in [2.45, 2.75) is 25.1 Å². The summed E-state index contributed by atoms with van der Waals surface area (Å²) in [4.78, 5) is 13.5. The summed E-state index contributed by atoms with van der Waals surface area (Å²) < 4.78 is 32.9. The maximum atomic E-state index is 13.9. The highest BCUT2D eigenvalue weighted by molar-refractivity contribution is 5.77. The number of benzene rings is 1. The van der Waals surface area contributed by atoms with Crippen LogP contribution in [-0.2, 0) is 0 Å². The minimum absolute atomic E-state index is 0.000729. The van der Waals surface area contributed by atoms with E-state index in [1.54, 1.807) is 13.0 Å². The summed E-state index contributed by atoms with van der Waals surface area (Å²) in [6.45, 7) is 5.60. The molecule has 1 saturated heterocycles. The Balaban J connectivity index is 2.10. The first-order valence-corrected chi connectivity index (χ1v) is 6.31. The van der Waals surface area contributed by atoms with Crippen molar-refractivity contribution in [2.75, 3.05) is 6.54 Å². The molecule has 3 rings (SSSR count). The van der Waals surface area contributed by atoms with Crippen LogP contribution in [0.4, 0.5) is 13.6 Å². The number of carbonyl (C=O) groups excluding carboxylic acids is 1. The third-order valence-corrected chi connectivity index (χ3v) is 3.74. The van der Waals surface area contributed by atoms with Crippen molar-refractivity contribution < 1.29 is 18.3 Å². The molecule has 0 radical (unpaired) electrons. The van der Waals surface area contributed by atoms with Crippen LogP contribution in [0.25, 0.3) is 0 Å². The Morgan fingerprint density at radius 2 is 2.35 bits per heavy atom. The molecule has 2 atom stereocenters. The number of ether oxygens (including phenoxy) is 1. The average Bonchev–Trinajstić information content (AvgIpc) is 2.36. The molecule has 0 aliphatic carbocycles. The molecular weight excluding hydrogens is 266 g/mol. The van der Waals surface area contributed by atoms with E-state index < -0.39 is 23.4 Å². The normalized spacial score (nSPS) is 27.4. The predicted molar refractivity (Wildman–Crippen MR) is 68.2 cm³/mol. The van der Waals surface area contributed by atoms with Crippen LogP contribution in [0.15, 0.2) is 24.8 Å². The minimum Gasteiger partial charge on any atom is -0.465 e. The number of urea groups is 1. The van der Waals surface area contributed by atoms with E-state index in [1.807, 2.05) is 0 Å². The summed E-state index contributed by atoms with van der Waals surface area (Å²) in [5.41, 5.74) is -0.626. The van der Waals surface area contributed by atoms with Crippen LogP contribution in [0.2, 0.25) is 0 Å². The highest BCUT2D eigenvalue weighted by atomic mass is 19.1. The number of halogens is 2. The second kappa shape index (κ2) is 4.19. The third-order valence-electron chi connectivity index (χ3n) is 3.74. The molecule has 4 nitrogen and oxygen atoms in total. The number of carbonyl (C=O) groups is 1. The van der Waals surface area contributed by atoms with Gasteiger partial charge in [-0.15, -0.1) is 6.58 Å². The molecule has 1 aromatic carbocycles. The summed E-state index contributed by atoms with van der Waals surface area (Å²) in [6.07, 6.45) is 1.99. The van der Waals surface area contributed by atoms with E-state index >= 15 is 0 Å². The number of nitrogens with one attached hydrogen (secondary N) is 1. The van der Waals surface area contributed by atoms with Gasteiger partial charge in [-0.1, -0.05) is 6.08 Å². The molecule has 1 aromatic rings. The lowest BCUT2D eigenvalue weighted by Gasteiger charge is -2.50. The average molecular weight is 280 g/mol. The van der Waals surface area contributed by atoms with E-state index in [4.69, 9.17) is 4.74 Å². The zero-order valence-electron chi connectivity index (χ0n) is 11.0. The molecule has 6 heteroatoms. The second-order valence-corrected chi connectivity index (χ2v) is 5.19. The van der Waals surface area contributed by atoms with Crippen LogP contribution >= 0.6 is 0 Å². The minimum atomic E-state index is -0.965. The van der Waals surface area contributed by atoms with E-state index in [0.29, 0.717) is 12.0 Å². The van der Waals surface area contributed by atoms with E-state index in [-0.39, 0.29) is 18.3 Å². The van der Waals surface area contributed by atoms with Crippen LogP contribution in [-0.4, -0.2) is 23.2 Å². The van der Waals surface area contributed by atoms with Crippen LogP contribution in [0.1, 0.15) is 24.9 Å². The number of rotatable bonds is 2. The van der Waals surface area contributed by atoms with E-state index in [2.05, 4.69) is 11.9 Å². The SMILES string of the molecule is C=CCN1C(=O)NC2CC1(C)Oc1c(F)cc(F)cc12. The fourth-order valence-corrected chi connectivity index (χ4v) is 2.84. The summed E-state index contributed by atoms with van der Waals surface area (Å²) >= 11 is 0. The molecule has 2 unspecified atom stereocenters. The molecule has 0 aromatic heterocycles. The topological polar surface area (TPSA) is 41.6 Å². The molecule has 2 amide bonds. The van der Waals surface area contributed by atoms with Gasteiger partial charge in [-0.2, -0.15) is 0 Å². The van der Waals surface area contributed by atoms with Crippen molar-refractivity contribution in [1.29, 1.82) is 0 Å². The van der Waals surface area contributed by atoms with E-state index in [0.717, 1.165) is 6.07 Å². The Hall–Kier alpha value is -2.11. The molecule has 106 valence electrons. The molecule has 0 saturated carbocycles. The zero-order valence-corrected chi connectivity index (χ0v) is 11.0. The Kier molecular flexibility index (Phi) is 2.70. The smallest absolute Gasteiger partial charge is 0.321 e. The number of hydrogen-bond donors (Lipinski definition) is 1. The number of hydrogen-bond acceptors (Lipinski definition) is 2. The van der Waals surface area contributed by atoms with Gasteiger partial charge >= 0.3 is 6.03 Å². The van der Waals surface area contributed by atoms with Crippen molar-refractivity contribution in [3.63, 3.8) is 0 Å². The molecule has 2 bridgehead atoms. The lowest BCUT2D eigenvalue weighted by Crippen LogP contribution is -2.64. The summed E-state index contributed by atoms with van der Waals surface area (Å²) in [5, 5.41) is 2.74. The quantitative estimate of drug-likeness (QED) is 0.846. The highest BCUT2D eigenvalue weighted by Crippen LogP contribution is 2.45. The number of fused-ring (bicyclic) bond motifs is 4. The van der Waals surface area contributed by atoms with Gasteiger partial charge in [0, 0.05) is 24.6 Å². The van der Waals surface area contributed by atoms with E-state index in [9.17, 15) is 13.6 Å². The first-order valence-electron chi connectivity index (χ1n) is 6.31. The van der Waals surface area contributed by atoms with Gasteiger partial charge < -0.3 is 10.1 Å². The van der Waals surface area contributed by atoms with Crippen molar-refractivity contribution in [2.24, 2.45) is 0 Å². The molecule has 1 fully saturated rings. The van der Waals surface area contributed by atoms with Gasteiger partial charge in [0.1, 0.15) is 5.82 Å². The van der Waals surface area contributed by atoms with Crippen LogP contribution < -0.4 is 10.1 Å². The lowest BCUT2D eigenvalue weighted by molar-refractivity contribution is -0.0813. The van der Waals surface area contributed by atoms with Crippen molar-refractivity contribution >= 4 is 6.03 Å². The van der Waals surface area contributed by atoms with Gasteiger partial charge in [0.25, 0.3) is 0 Å². The van der Waals surface area contributed by atoms with Gasteiger partial charge in [0.05, 0.1) is 6.04 Å². The first kappa shape index (κ1) is 12.9. The molecule has 0 spiro atoms. The van der Waals surface area contributed by atoms with Gasteiger partial charge in [-0.05, 0) is 13.0 Å². The van der Waals surface area contributed by atoms with Crippen LogP contribution in [0, 0.1) is 11.6 Å². The standard InChI is InChI=1S/C14H14F2N2O2/c1-3-4-18-13(19)17-11-7-14(18,2)20-12-9(11)5-8(15)6-10(12)16/h3,5-6,11H,1,4,7H2,2H3,(H,17,19). The molecule has 2 aliphatic heterocycles. The highest BCUT2D eigenvalue weighted by Gasteiger charge is 2.49. The first-order chi connectivity index (χ1) is 9.44. The third kappa shape index (κ3) is 1.75. The molecule has 2 aliphatic rings. The molecular formula is C14H14F2N2O2. The Bertz CT molecular complexity index is 605.